The SMILES string of the molecule is CC(C)[C@@H]1NC(=O)[C@@H]2[C@H](C)CCN2C(=O)CN=C(NC(C(=O)NC(C(=O)N[C@@H](C=N/C=C\S)CC=O)[C@@H](C)c2ccccc2)C(C)(C)C)C(C(C)(C)C)NC1=O. The van der Waals surface area contributed by atoms with Gasteiger partial charge in [0.15, 0.2) is 0 Å². The van der Waals surface area contributed by atoms with Gasteiger partial charge in [-0.15, -0.1) is 12.6 Å². The molecule has 3 rings (SSSR count). The van der Waals surface area contributed by atoms with Crippen LogP contribution in [0.15, 0.2) is 51.9 Å². The lowest BCUT2D eigenvalue weighted by molar-refractivity contribution is -0.140. The fourth-order valence-corrected chi connectivity index (χ4v) is 7.02. The standard InChI is InChI=1S/C41H62N8O6S/c1-24(2)30-36(52)48-33(40(5,6)7)35(43-23-29(51)49-19-16-25(3)32(49)38(54)45-30)47-34(41(8,9)10)39(55)46-31(26(4)27-14-12-11-13-15-27)37(53)44-28(17-20-50)22-42-18-21-56/h11-15,18,20-22,24-26,28,30-34,56H,16-17,19,23H2,1-10H3,(H,43,47)(H,44,53)(H,45,54)(H,46,55)(H,48,52)/b21-18-,42-22?/t25-,26+,28-,30+,31?,32+,33?,34?/m1/s1. The molecule has 0 spiro atoms. The van der Waals surface area contributed by atoms with Gasteiger partial charge in [0.05, 0.1) is 12.1 Å². The van der Waals surface area contributed by atoms with Gasteiger partial charge in [0.25, 0.3) is 0 Å². The number of rotatable bonds is 12. The fourth-order valence-electron chi connectivity index (χ4n) is 6.94. The topological polar surface area (TPSA) is 191 Å². The predicted octanol–water partition coefficient (Wildman–Crippen LogP) is 3.15. The van der Waals surface area contributed by atoms with Gasteiger partial charge in [-0.05, 0) is 40.1 Å². The number of hydrogen-bond acceptors (Lipinski definition) is 10. The zero-order valence-electron chi connectivity index (χ0n) is 34.5. The van der Waals surface area contributed by atoms with Crippen molar-refractivity contribution in [2.45, 2.75) is 124 Å². The minimum atomic E-state index is -1.10. The summed E-state index contributed by atoms with van der Waals surface area (Å²) in [7, 11) is 0. The molecule has 0 aromatic heterocycles. The molecule has 1 fully saturated rings. The van der Waals surface area contributed by atoms with E-state index in [-0.39, 0.29) is 42.5 Å². The summed E-state index contributed by atoms with van der Waals surface area (Å²) in [6, 6.07) is 3.92. The van der Waals surface area contributed by atoms with Crippen LogP contribution in [0.5, 0.6) is 0 Å². The number of nitrogens with one attached hydrogen (secondary N) is 5. The Morgan fingerprint density at radius 1 is 1.00 bits per heavy atom. The van der Waals surface area contributed by atoms with Crippen LogP contribution in [0.3, 0.4) is 0 Å². The van der Waals surface area contributed by atoms with E-state index in [0.717, 1.165) is 5.56 Å². The van der Waals surface area contributed by atoms with Crippen molar-refractivity contribution in [2.24, 2.45) is 32.7 Å². The molecule has 3 unspecified atom stereocenters. The van der Waals surface area contributed by atoms with E-state index < -0.39 is 70.7 Å². The summed E-state index contributed by atoms with van der Waals surface area (Å²) in [6.07, 6.45) is 4.09. The van der Waals surface area contributed by atoms with Gasteiger partial charge >= 0.3 is 0 Å². The van der Waals surface area contributed by atoms with Crippen molar-refractivity contribution >= 4 is 60.5 Å². The molecular formula is C41H62N8O6S. The summed E-state index contributed by atoms with van der Waals surface area (Å²) < 4.78 is 0. The molecule has 5 N–H and O–H groups in total. The van der Waals surface area contributed by atoms with E-state index in [0.29, 0.717) is 19.3 Å². The first-order valence-electron chi connectivity index (χ1n) is 19.3. The Kier molecular flexibility index (Phi) is 16.4. The smallest absolute Gasteiger partial charge is 0.244 e. The molecule has 2 aliphatic rings. The minimum absolute atomic E-state index is 0.0426. The number of carbonyl (C=O) groups is 6. The molecule has 2 aliphatic heterocycles. The zero-order chi connectivity index (χ0) is 42.0. The van der Waals surface area contributed by atoms with Gasteiger partial charge in [-0.3, -0.25) is 34.0 Å². The van der Waals surface area contributed by atoms with E-state index in [2.05, 4.69) is 44.2 Å². The lowest BCUT2D eigenvalue weighted by Gasteiger charge is -2.39. The van der Waals surface area contributed by atoms with Gasteiger partial charge in [0.2, 0.25) is 29.5 Å². The highest BCUT2D eigenvalue weighted by Gasteiger charge is 2.44. The number of nitrogens with zero attached hydrogens (tertiary/aromatic N) is 3. The second kappa shape index (κ2) is 20.1. The van der Waals surface area contributed by atoms with Gasteiger partial charge in [-0.25, -0.2) is 0 Å². The molecular weight excluding hydrogens is 733 g/mol. The molecule has 0 aliphatic carbocycles. The normalized spacial score (nSPS) is 23.5. The number of thiol groups is 1. The summed E-state index contributed by atoms with van der Waals surface area (Å²) in [5.41, 5.74) is -0.684. The van der Waals surface area contributed by atoms with E-state index >= 15 is 0 Å². The average Bonchev–Trinajstić information content (AvgIpc) is 3.51. The predicted molar refractivity (Wildman–Crippen MR) is 222 cm³/mol. The van der Waals surface area contributed by atoms with E-state index in [9.17, 15) is 28.8 Å². The Balaban J connectivity index is 2.10. The van der Waals surface area contributed by atoms with Crippen molar-refractivity contribution in [1.29, 1.82) is 0 Å². The second-order valence-corrected chi connectivity index (χ2v) is 17.6. The van der Waals surface area contributed by atoms with Gasteiger partial charge in [0.1, 0.15) is 42.8 Å². The molecule has 0 saturated carbocycles. The van der Waals surface area contributed by atoms with Crippen LogP contribution >= 0.6 is 12.6 Å². The summed E-state index contributed by atoms with van der Waals surface area (Å²) in [6.45, 7) is 18.8. The minimum Gasteiger partial charge on any atom is -0.360 e. The van der Waals surface area contributed by atoms with Crippen LogP contribution in [0, 0.1) is 22.7 Å². The summed E-state index contributed by atoms with van der Waals surface area (Å²) in [5.74, 6) is -2.90. The van der Waals surface area contributed by atoms with E-state index in [4.69, 9.17) is 4.99 Å². The quantitative estimate of drug-likeness (QED) is 0.106. The van der Waals surface area contributed by atoms with Gasteiger partial charge < -0.3 is 36.3 Å². The fraction of sp³-hybridized carbons (Fsp3) is 0.610. The van der Waals surface area contributed by atoms with Crippen molar-refractivity contribution in [3.8, 4) is 0 Å². The Morgan fingerprint density at radius 3 is 2.23 bits per heavy atom. The Bertz CT molecular complexity index is 1650. The molecule has 14 nitrogen and oxygen atoms in total. The van der Waals surface area contributed by atoms with Gasteiger partial charge in [-0.1, -0.05) is 99.6 Å². The first kappa shape index (κ1) is 45.9. The van der Waals surface area contributed by atoms with Crippen molar-refractivity contribution in [1.82, 2.24) is 31.5 Å². The van der Waals surface area contributed by atoms with E-state index in [1.807, 2.05) is 99.6 Å². The van der Waals surface area contributed by atoms with E-state index in [1.165, 1.54) is 22.7 Å². The van der Waals surface area contributed by atoms with E-state index in [1.54, 1.807) is 0 Å². The molecule has 0 bridgehead atoms. The Labute approximate surface area is 337 Å². The van der Waals surface area contributed by atoms with Crippen molar-refractivity contribution < 1.29 is 28.8 Å². The van der Waals surface area contributed by atoms with Gasteiger partial charge in [0, 0.05) is 31.3 Å². The number of benzene rings is 1. The first-order valence-corrected chi connectivity index (χ1v) is 19.9. The number of hydrogen-bond donors (Lipinski definition) is 6. The van der Waals surface area contributed by atoms with Crippen molar-refractivity contribution in [3.05, 3.63) is 47.5 Å². The molecule has 5 amide bonds. The van der Waals surface area contributed by atoms with Crippen LogP contribution in [0.25, 0.3) is 0 Å². The Hall–Kier alpha value is -4.53. The summed E-state index contributed by atoms with van der Waals surface area (Å²) >= 11 is 4.00. The van der Waals surface area contributed by atoms with Crippen LogP contribution in [0.4, 0.5) is 0 Å². The number of amidine groups is 1. The zero-order valence-corrected chi connectivity index (χ0v) is 35.4. The van der Waals surface area contributed by atoms with Crippen LogP contribution in [0.1, 0.15) is 93.6 Å². The summed E-state index contributed by atoms with van der Waals surface area (Å²) in [5, 5.41) is 16.6. The molecule has 56 heavy (non-hydrogen) atoms. The van der Waals surface area contributed by atoms with Crippen LogP contribution < -0.4 is 26.6 Å². The Morgan fingerprint density at radius 2 is 1.66 bits per heavy atom. The number of fused-ring (bicyclic) bond motifs is 1. The highest BCUT2D eigenvalue weighted by molar-refractivity contribution is 7.83. The number of carbonyl (C=O) groups excluding carboxylic acids is 6. The third kappa shape index (κ3) is 12.2. The molecule has 2 heterocycles. The van der Waals surface area contributed by atoms with Crippen LogP contribution in [0.2, 0.25) is 0 Å². The maximum absolute atomic E-state index is 14.6. The first-order chi connectivity index (χ1) is 26.2. The third-order valence-corrected chi connectivity index (χ3v) is 10.4. The lowest BCUT2D eigenvalue weighted by atomic mass is 9.82. The highest BCUT2D eigenvalue weighted by atomic mass is 32.1. The van der Waals surface area contributed by atoms with Crippen molar-refractivity contribution in [3.63, 3.8) is 0 Å². The summed E-state index contributed by atoms with van der Waals surface area (Å²) in [4.78, 5) is 92.1. The van der Waals surface area contributed by atoms with Crippen molar-refractivity contribution in [2.75, 3.05) is 13.1 Å². The third-order valence-electron chi connectivity index (χ3n) is 10.3. The molecule has 308 valence electrons. The van der Waals surface area contributed by atoms with Crippen LogP contribution in [-0.2, 0) is 28.8 Å². The average molecular weight is 795 g/mol. The lowest BCUT2D eigenvalue weighted by Crippen LogP contribution is -2.65. The number of amides is 5. The molecule has 1 aromatic carbocycles. The monoisotopic (exact) mass is 794 g/mol. The number of aldehydes is 1. The second-order valence-electron chi connectivity index (χ2n) is 17.3. The number of aliphatic imine (C=N–C) groups is 2. The maximum atomic E-state index is 14.6. The van der Waals surface area contributed by atoms with Gasteiger partial charge in [-0.2, -0.15) is 0 Å². The molecule has 1 aromatic rings. The largest absolute Gasteiger partial charge is 0.360 e. The molecule has 0 radical (unpaired) electrons. The molecule has 8 atom stereocenters. The molecule has 1 saturated heterocycles. The van der Waals surface area contributed by atoms with Crippen LogP contribution in [-0.4, -0.2) is 102 Å². The molecule has 15 heteroatoms. The maximum Gasteiger partial charge on any atom is 0.244 e. The highest BCUT2D eigenvalue weighted by Crippen LogP contribution is 2.28.